The quantitative estimate of drug-likeness (QED) is 0.721. The predicted molar refractivity (Wildman–Crippen MR) is 109 cm³/mol. The molecule has 4 rings (SSSR count). The van der Waals surface area contributed by atoms with Crippen LogP contribution in [0.3, 0.4) is 0 Å². The highest BCUT2D eigenvalue weighted by molar-refractivity contribution is 5.94. The Labute approximate surface area is 163 Å². The standard InChI is InChI=1S/C22H21N5O/c1-14-9-21(26-19-6-3-16(11-23)4-7-19)20-10-17(18-12-24-25-13-18)5-8-22(20)27(14)15(2)28/h3-8,10,12-14,21,26H,9H2,1-2H3,(H,24,25). The van der Waals surface area contributed by atoms with Gasteiger partial charge in [-0.25, -0.2) is 0 Å². The molecule has 2 heterocycles. The summed E-state index contributed by atoms with van der Waals surface area (Å²) >= 11 is 0. The fourth-order valence-electron chi connectivity index (χ4n) is 3.91. The van der Waals surface area contributed by atoms with Crippen LogP contribution in [0.5, 0.6) is 0 Å². The monoisotopic (exact) mass is 371 g/mol. The number of carbonyl (C=O) groups excluding carboxylic acids is 1. The Morgan fingerprint density at radius 1 is 1.25 bits per heavy atom. The highest BCUT2D eigenvalue weighted by Gasteiger charge is 2.32. The van der Waals surface area contributed by atoms with Crippen molar-refractivity contribution in [1.29, 1.82) is 5.26 Å². The minimum Gasteiger partial charge on any atom is -0.378 e. The van der Waals surface area contributed by atoms with Gasteiger partial charge in [0.05, 0.1) is 23.9 Å². The highest BCUT2D eigenvalue weighted by Crippen LogP contribution is 2.41. The molecule has 1 aliphatic heterocycles. The van der Waals surface area contributed by atoms with Crippen LogP contribution in [-0.4, -0.2) is 22.1 Å². The van der Waals surface area contributed by atoms with Crippen molar-refractivity contribution in [3.05, 3.63) is 66.0 Å². The zero-order chi connectivity index (χ0) is 19.7. The fraction of sp³-hybridized carbons (Fsp3) is 0.227. The highest BCUT2D eigenvalue weighted by atomic mass is 16.2. The molecule has 0 bridgehead atoms. The van der Waals surface area contributed by atoms with E-state index in [-0.39, 0.29) is 18.0 Å². The Kier molecular flexibility index (Phi) is 4.58. The maximum atomic E-state index is 12.3. The molecule has 0 saturated heterocycles. The second-order valence-electron chi connectivity index (χ2n) is 7.12. The Morgan fingerprint density at radius 2 is 2.04 bits per heavy atom. The van der Waals surface area contributed by atoms with E-state index in [1.54, 1.807) is 25.3 Å². The van der Waals surface area contributed by atoms with Crippen molar-refractivity contribution in [3.8, 4) is 17.2 Å². The fourth-order valence-corrected chi connectivity index (χ4v) is 3.91. The van der Waals surface area contributed by atoms with Crippen LogP contribution in [-0.2, 0) is 4.79 Å². The first-order chi connectivity index (χ1) is 13.6. The number of aromatic nitrogens is 2. The van der Waals surface area contributed by atoms with Crippen LogP contribution >= 0.6 is 0 Å². The van der Waals surface area contributed by atoms with Crippen molar-refractivity contribution in [2.45, 2.75) is 32.4 Å². The van der Waals surface area contributed by atoms with Crippen molar-refractivity contribution in [2.24, 2.45) is 0 Å². The summed E-state index contributed by atoms with van der Waals surface area (Å²) in [5, 5.41) is 19.5. The number of aromatic amines is 1. The van der Waals surface area contributed by atoms with E-state index in [1.165, 1.54) is 0 Å². The maximum absolute atomic E-state index is 12.3. The molecule has 2 aromatic carbocycles. The lowest BCUT2D eigenvalue weighted by molar-refractivity contribution is -0.117. The molecular formula is C22H21N5O. The van der Waals surface area contributed by atoms with E-state index in [0.717, 1.165) is 34.5 Å². The number of anilines is 2. The Morgan fingerprint density at radius 3 is 2.68 bits per heavy atom. The van der Waals surface area contributed by atoms with Crippen LogP contribution in [0.1, 0.15) is 37.4 Å². The van der Waals surface area contributed by atoms with E-state index in [9.17, 15) is 4.79 Å². The molecular weight excluding hydrogens is 350 g/mol. The molecule has 28 heavy (non-hydrogen) atoms. The van der Waals surface area contributed by atoms with Crippen LogP contribution in [0.2, 0.25) is 0 Å². The molecule has 2 atom stereocenters. The molecule has 0 fully saturated rings. The minimum atomic E-state index is 0.0432. The molecule has 1 aliphatic rings. The zero-order valence-electron chi connectivity index (χ0n) is 15.8. The van der Waals surface area contributed by atoms with Crippen LogP contribution in [0, 0.1) is 11.3 Å². The minimum absolute atomic E-state index is 0.0432. The number of nitrogens with zero attached hydrogens (tertiary/aromatic N) is 3. The van der Waals surface area contributed by atoms with Gasteiger partial charge in [-0.15, -0.1) is 0 Å². The van der Waals surface area contributed by atoms with E-state index in [1.807, 2.05) is 35.4 Å². The summed E-state index contributed by atoms with van der Waals surface area (Å²) in [6.07, 6.45) is 4.44. The lowest BCUT2D eigenvalue weighted by Crippen LogP contribution is -2.43. The van der Waals surface area contributed by atoms with Crippen molar-refractivity contribution in [2.75, 3.05) is 10.2 Å². The Hall–Kier alpha value is -3.59. The zero-order valence-corrected chi connectivity index (χ0v) is 15.8. The third-order valence-corrected chi connectivity index (χ3v) is 5.21. The van der Waals surface area contributed by atoms with Crippen molar-refractivity contribution >= 4 is 17.3 Å². The summed E-state index contributed by atoms with van der Waals surface area (Å²) in [5.74, 6) is 0.0432. The van der Waals surface area contributed by atoms with E-state index < -0.39 is 0 Å². The normalized spacial score (nSPS) is 18.2. The largest absolute Gasteiger partial charge is 0.378 e. The van der Waals surface area contributed by atoms with Gasteiger partial charge in [0.1, 0.15) is 0 Å². The van der Waals surface area contributed by atoms with E-state index in [4.69, 9.17) is 5.26 Å². The van der Waals surface area contributed by atoms with Crippen LogP contribution in [0.25, 0.3) is 11.1 Å². The molecule has 2 N–H and O–H groups in total. The maximum Gasteiger partial charge on any atom is 0.224 e. The van der Waals surface area contributed by atoms with Gasteiger partial charge in [-0.2, -0.15) is 10.4 Å². The van der Waals surface area contributed by atoms with Crippen LogP contribution in [0.4, 0.5) is 11.4 Å². The number of nitriles is 1. The summed E-state index contributed by atoms with van der Waals surface area (Å²) in [6.45, 7) is 3.68. The van der Waals surface area contributed by atoms with E-state index >= 15 is 0 Å². The summed E-state index contributed by atoms with van der Waals surface area (Å²) in [7, 11) is 0. The van der Waals surface area contributed by atoms with Gasteiger partial charge in [-0.3, -0.25) is 9.89 Å². The second-order valence-corrected chi connectivity index (χ2v) is 7.12. The average Bonchev–Trinajstić information content (AvgIpc) is 3.23. The molecule has 0 saturated carbocycles. The predicted octanol–water partition coefficient (Wildman–Crippen LogP) is 4.25. The van der Waals surface area contributed by atoms with Gasteiger partial charge in [-0.05, 0) is 60.9 Å². The molecule has 0 spiro atoms. The first-order valence-electron chi connectivity index (χ1n) is 9.26. The molecule has 6 nitrogen and oxygen atoms in total. The molecule has 6 heteroatoms. The lowest BCUT2D eigenvalue weighted by atomic mass is 9.89. The molecule has 0 aliphatic carbocycles. The summed E-state index contributed by atoms with van der Waals surface area (Å²) in [6, 6.07) is 15.9. The SMILES string of the molecule is CC(=O)N1c2ccc(-c3cn[nH]c3)cc2C(Nc2ccc(C#N)cc2)CC1C. The number of hydrogen-bond donors (Lipinski definition) is 2. The number of hydrogen-bond acceptors (Lipinski definition) is 4. The number of rotatable bonds is 3. The van der Waals surface area contributed by atoms with Gasteiger partial charge in [0, 0.05) is 36.1 Å². The number of amides is 1. The van der Waals surface area contributed by atoms with Gasteiger partial charge in [0.25, 0.3) is 0 Å². The molecule has 140 valence electrons. The van der Waals surface area contributed by atoms with Gasteiger partial charge in [-0.1, -0.05) is 6.07 Å². The summed E-state index contributed by atoms with van der Waals surface area (Å²) in [4.78, 5) is 14.1. The van der Waals surface area contributed by atoms with Gasteiger partial charge in [0.15, 0.2) is 0 Å². The van der Waals surface area contributed by atoms with Crippen molar-refractivity contribution in [1.82, 2.24) is 10.2 Å². The first-order valence-corrected chi connectivity index (χ1v) is 9.26. The molecule has 0 radical (unpaired) electrons. The topological polar surface area (TPSA) is 84.8 Å². The smallest absolute Gasteiger partial charge is 0.224 e. The van der Waals surface area contributed by atoms with Crippen molar-refractivity contribution < 1.29 is 4.79 Å². The number of benzene rings is 2. The number of carbonyl (C=O) groups is 1. The summed E-state index contributed by atoms with van der Waals surface area (Å²) < 4.78 is 0. The summed E-state index contributed by atoms with van der Waals surface area (Å²) in [5.41, 5.74) is 5.66. The molecule has 1 amide bonds. The number of nitrogens with one attached hydrogen (secondary N) is 2. The lowest BCUT2D eigenvalue weighted by Gasteiger charge is -2.39. The Balaban J connectivity index is 1.75. The molecule has 3 aromatic rings. The number of H-pyrrole nitrogens is 1. The van der Waals surface area contributed by atoms with Crippen molar-refractivity contribution in [3.63, 3.8) is 0 Å². The van der Waals surface area contributed by atoms with Gasteiger partial charge in [0.2, 0.25) is 5.91 Å². The molecule has 1 aromatic heterocycles. The van der Waals surface area contributed by atoms with Crippen LogP contribution < -0.4 is 10.2 Å². The molecule has 2 unspecified atom stereocenters. The third-order valence-electron chi connectivity index (χ3n) is 5.21. The first kappa shape index (κ1) is 17.8. The van der Waals surface area contributed by atoms with Gasteiger partial charge >= 0.3 is 0 Å². The van der Waals surface area contributed by atoms with Gasteiger partial charge < -0.3 is 10.2 Å². The number of fused-ring (bicyclic) bond motifs is 1. The van der Waals surface area contributed by atoms with Crippen LogP contribution in [0.15, 0.2) is 54.9 Å². The Bertz CT molecular complexity index is 1030. The third kappa shape index (κ3) is 3.23. The van der Waals surface area contributed by atoms with E-state index in [2.05, 4.69) is 34.6 Å². The average molecular weight is 371 g/mol. The van der Waals surface area contributed by atoms with E-state index in [0.29, 0.717) is 5.56 Å². The second kappa shape index (κ2) is 7.20.